The second kappa shape index (κ2) is 19.7. The molecule has 0 radical (unpaired) electrons. The minimum atomic E-state index is -0.113. The van der Waals surface area contributed by atoms with Crippen LogP contribution in [0.4, 0.5) is 0 Å². The standard InChI is InChI=1S/C35H56NO3/c1-5-6-7-8-9-10-11-12-13-15-19-32-23-25-34(26-24-32)39-31(2)27-29-38-35(37)22-18-28-36(3,4)30-33-20-16-14-17-21-33/h14,16-17,20-21,23-26,31H,5-13,15,18-19,22,27-30H2,1-4H3/q+1. The molecule has 0 aliphatic heterocycles. The fourth-order valence-corrected chi connectivity index (χ4v) is 5.06. The third-order valence-electron chi connectivity index (χ3n) is 7.46. The summed E-state index contributed by atoms with van der Waals surface area (Å²) in [7, 11) is 4.42. The fraction of sp³-hybridized carbons (Fsp3) is 0.629. The van der Waals surface area contributed by atoms with Crippen LogP contribution < -0.4 is 4.74 Å². The van der Waals surface area contributed by atoms with Gasteiger partial charge < -0.3 is 14.0 Å². The first-order valence-electron chi connectivity index (χ1n) is 15.6. The van der Waals surface area contributed by atoms with Gasteiger partial charge in [0.05, 0.1) is 39.8 Å². The molecule has 0 fully saturated rings. The van der Waals surface area contributed by atoms with E-state index >= 15 is 0 Å². The first kappa shape index (κ1) is 32.9. The van der Waals surface area contributed by atoms with E-state index in [1.54, 1.807) is 0 Å². The number of hydrogen-bond donors (Lipinski definition) is 0. The van der Waals surface area contributed by atoms with Gasteiger partial charge in [0.1, 0.15) is 12.3 Å². The van der Waals surface area contributed by atoms with Gasteiger partial charge in [-0.1, -0.05) is 107 Å². The number of quaternary nitrogens is 1. The minimum absolute atomic E-state index is 0.00657. The number of rotatable bonds is 22. The van der Waals surface area contributed by atoms with E-state index in [0.717, 1.165) is 36.2 Å². The average molecular weight is 539 g/mol. The average Bonchev–Trinajstić information content (AvgIpc) is 2.91. The Labute approximate surface area is 239 Å². The van der Waals surface area contributed by atoms with E-state index in [-0.39, 0.29) is 12.1 Å². The third-order valence-corrected chi connectivity index (χ3v) is 7.46. The molecular formula is C35H56NO3+. The van der Waals surface area contributed by atoms with Crippen LogP contribution in [0.25, 0.3) is 0 Å². The van der Waals surface area contributed by atoms with Crippen LogP contribution in [0.2, 0.25) is 0 Å². The van der Waals surface area contributed by atoms with Gasteiger partial charge in [0, 0.05) is 18.4 Å². The highest BCUT2D eigenvalue weighted by molar-refractivity contribution is 5.69. The van der Waals surface area contributed by atoms with Crippen LogP contribution >= 0.6 is 0 Å². The summed E-state index contributed by atoms with van der Waals surface area (Å²) >= 11 is 0. The van der Waals surface area contributed by atoms with Gasteiger partial charge in [0.2, 0.25) is 0 Å². The normalized spacial score (nSPS) is 12.3. The number of ether oxygens (including phenoxy) is 2. The summed E-state index contributed by atoms with van der Waals surface area (Å²) in [5, 5.41) is 0. The molecule has 4 heteroatoms. The van der Waals surface area contributed by atoms with Crippen molar-refractivity contribution in [3.8, 4) is 5.75 Å². The zero-order valence-corrected chi connectivity index (χ0v) is 25.5. The molecule has 4 nitrogen and oxygen atoms in total. The molecule has 0 spiro atoms. The van der Waals surface area contributed by atoms with Crippen LogP contribution in [0.5, 0.6) is 5.75 Å². The summed E-state index contributed by atoms with van der Waals surface area (Å²) in [6.45, 7) is 6.62. The molecule has 2 rings (SSSR count). The highest BCUT2D eigenvalue weighted by atomic mass is 16.5. The smallest absolute Gasteiger partial charge is 0.306 e. The van der Waals surface area contributed by atoms with Crippen LogP contribution in [-0.4, -0.2) is 43.8 Å². The summed E-state index contributed by atoms with van der Waals surface area (Å²) in [6, 6.07) is 19.0. The van der Waals surface area contributed by atoms with E-state index < -0.39 is 0 Å². The Hall–Kier alpha value is -2.33. The molecular weight excluding hydrogens is 482 g/mol. The zero-order valence-electron chi connectivity index (χ0n) is 25.5. The predicted octanol–water partition coefficient (Wildman–Crippen LogP) is 8.91. The van der Waals surface area contributed by atoms with E-state index in [1.165, 1.54) is 75.3 Å². The summed E-state index contributed by atoms with van der Waals surface area (Å²) < 4.78 is 12.4. The Morgan fingerprint density at radius 2 is 1.38 bits per heavy atom. The van der Waals surface area contributed by atoms with Gasteiger partial charge in [-0.2, -0.15) is 0 Å². The van der Waals surface area contributed by atoms with Gasteiger partial charge in [0.15, 0.2) is 0 Å². The summed E-state index contributed by atoms with van der Waals surface area (Å²) in [5.74, 6) is 0.775. The molecule has 0 aliphatic carbocycles. The molecule has 2 aromatic rings. The zero-order chi connectivity index (χ0) is 28.2. The van der Waals surface area contributed by atoms with Crippen molar-refractivity contribution in [2.45, 2.75) is 116 Å². The largest absolute Gasteiger partial charge is 0.491 e. The molecule has 39 heavy (non-hydrogen) atoms. The van der Waals surface area contributed by atoms with E-state index in [0.29, 0.717) is 19.4 Å². The number of carbonyl (C=O) groups is 1. The Morgan fingerprint density at radius 3 is 2.03 bits per heavy atom. The molecule has 0 saturated carbocycles. The quantitative estimate of drug-likeness (QED) is 0.0853. The SMILES string of the molecule is CCCCCCCCCCCCc1ccc(OC(C)CCOC(=O)CCC[N+](C)(C)Cc2ccccc2)cc1. The molecule has 0 amide bonds. The molecule has 218 valence electrons. The molecule has 0 saturated heterocycles. The van der Waals surface area contributed by atoms with E-state index in [1.807, 2.05) is 13.0 Å². The van der Waals surface area contributed by atoms with E-state index in [2.05, 4.69) is 69.6 Å². The number of esters is 1. The molecule has 1 unspecified atom stereocenters. The lowest BCUT2D eigenvalue weighted by Crippen LogP contribution is -2.39. The lowest BCUT2D eigenvalue weighted by atomic mass is 10.0. The second-order valence-electron chi connectivity index (χ2n) is 11.9. The number of benzene rings is 2. The Morgan fingerprint density at radius 1 is 0.769 bits per heavy atom. The van der Waals surface area contributed by atoms with Crippen LogP contribution in [0.15, 0.2) is 54.6 Å². The summed E-state index contributed by atoms with van der Waals surface area (Å²) in [4.78, 5) is 12.2. The molecule has 2 aromatic carbocycles. The number of hydrogen-bond acceptors (Lipinski definition) is 3. The molecule has 1 atom stereocenters. The maximum Gasteiger partial charge on any atom is 0.306 e. The van der Waals surface area contributed by atoms with E-state index in [4.69, 9.17) is 9.47 Å². The maximum atomic E-state index is 12.2. The van der Waals surface area contributed by atoms with Crippen LogP contribution in [0.1, 0.15) is 108 Å². The predicted molar refractivity (Wildman–Crippen MR) is 164 cm³/mol. The number of aryl methyl sites for hydroxylation is 1. The topological polar surface area (TPSA) is 35.5 Å². The third kappa shape index (κ3) is 16.4. The van der Waals surface area contributed by atoms with Gasteiger partial charge in [-0.25, -0.2) is 0 Å². The van der Waals surface area contributed by atoms with Gasteiger partial charge in [-0.3, -0.25) is 4.79 Å². The van der Waals surface area contributed by atoms with Crippen molar-refractivity contribution in [1.29, 1.82) is 0 Å². The highest BCUT2D eigenvalue weighted by Crippen LogP contribution is 2.18. The first-order chi connectivity index (χ1) is 18.9. The van der Waals surface area contributed by atoms with Crippen LogP contribution in [-0.2, 0) is 22.5 Å². The van der Waals surface area contributed by atoms with Crippen molar-refractivity contribution in [2.24, 2.45) is 0 Å². The Kier molecular flexibility index (Phi) is 16.6. The monoisotopic (exact) mass is 538 g/mol. The lowest BCUT2D eigenvalue weighted by molar-refractivity contribution is -0.903. The van der Waals surface area contributed by atoms with Crippen molar-refractivity contribution in [3.05, 3.63) is 65.7 Å². The van der Waals surface area contributed by atoms with Gasteiger partial charge >= 0.3 is 5.97 Å². The Balaban J connectivity index is 1.50. The molecule has 0 bridgehead atoms. The van der Waals surface area contributed by atoms with Crippen LogP contribution in [0.3, 0.4) is 0 Å². The van der Waals surface area contributed by atoms with Crippen molar-refractivity contribution in [1.82, 2.24) is 0 Å². The number of unbranched alkanes of at least 4 members (excludes halogenated alkanes) is 9. The van der Waals surface area contributed by atoms with Gasteiger partial charge in [0.25, 0.3) is 0 Å². The molecule has 0 aromatic heterocycles. The van der Waals surface area contributed by atoms with Crippen LogP contribution in [0, 0.1) is 0 Å². The Bertz CT molecular complexity index is 879. The maximum absolute atomic E-state index is 12.2. The van der Waals surface area contributed by atoms with E-state index in [9.17, 15) is 4.79 Å². The van der Waals surface area contributed by atoms with Gasteiger partial charge in [-0.15, -0.1) is 0 Å². The van der Waals surface area contributed by atoms with Crippen molar-refractivity contribution in [3.63, 3.8) is 0 Å². The highest BCUT2D eigenvalue weighted by Gasteiger charge is 2.17. The molecule has 0 aliphatic rings. The fourth-order valence-electron chi connectivity index (χ4n) is 5.06. The first-order valence-corrected chi connectivity index (χ1v) is 15.6. The second-order valence-corrected chi connectivity index (χ2v) is 11.9. The molecule has 0 N–H and O–H groups in total. The minimum Gasteiger partial charge on any atom is -0.491 e. The summed E-state index contributed by atoms with van der Waals surface area (Å²) in [5.41, 5.74) is 2.71. The number of carbonyl (C=O) groups excluding carboxylic acids is 1. The van der Waals surface area contributed by atoms with Crippen molar-refractivity contribution < 1.29 is 18.8 Å². The van der Waals surface area contributed by atoms with Gasteiger partial charge in [-0.05, 0) is 37.5 Å². The number of nitrogens with zero attached hydrogens (tertiary/aromatic N) is 1. The lowest BCUT2D eigenvalue weighted by Gasteiger charge is -2.29. The molecule has 0 heterocycles. The van der Waals surface area contributed by atoms with Crippen molar-refractivity contribution in [2.75, 3.05) is 27.2 Å². The van der Waals surface area contributed by atoms with Crippen molar-refractivity contribution >= 4 is 5.97 Å². The summed E-state index contributed by atoms with van der Waals surface area (Å²) in [6.07, 6.45) is 16.9.